The Balaban J connectivity index is 2.09. The van der Waals surface area contributed by atoms with Crippen molar-refractivity contribution in [1.82, 2.24) is 4.98 Å². The molecule has 1 aliphatic carbocycles. The number of hydrogen-bond acceptors (Lipinski definition) is 2. The van der Waals surface area contributed by atoms with Crippen LogP contribution < -0.4 is 0 Å². The molecule has 2 rings (SSSR count). The van der Waals surface area contributed by atoms with Crippen LogP contribution in [0.5, 0.6) is 0 Å². The second-order valence-corrected chi connectivity index (χ2v) is 4.54. The van der Waals surface area contributed by atoms with E-state index in [9.17, 15) is 0 Å². The van der Waals surface area contributed by atoms with Crippen molar-refractivity contribution in [3.8, 4) is 11.8 Å². The first kappa shape index (κ1) is 9.48. The summed E-state index contributed by atoms with van der Waals surface area (Å²) in [5.74, 6) is 6.32. The zero-order valence-electron chi connectivity index (χ0n) is 8.34. The molecular weight excluding hydrogens is 190 g/mol. The molecule has 0 amide bonds. The molecule has 0 unspecified atom stereocenters. The van der Waals surface area contributed by atoms with Crippen LogP contribution in [0.25, 0.3) is 0 Å². The summed E-state index contributed by atoms with van der Waals surface area (Å²) in [6, 6.07) is 0. The summed E-state index contributed by atoms with van der Waals surface area (Å²) in [7, 11) is 0. The van der Waals surface area contributed by atoms with Gasteiger partial charge >= 0.3 is 0 Å². The third-order valence-electron chi connectivity index (χ3n) is 2.26. The summed E-state index contributed by atoms with van der Waals surface area (Å²) < 4.78 is 0. The van der Waals surface area contributed by atoms with Crippen molar-refractivity contribution in [3.05, 3.63) is 27.7 Å². The smallest absolute Gasteiger partial charge is 0.124 e. The van der Waals surface area contributed by atoms with Crippen molar-refractivity contribution < 1.29 is 0 Å². The van der Waals surface area contributed by atoms with Crippen LogP contribution in [0.15, 0.2) is 17.0 Å². The third kappa shape index (κ3) is 2.46. The molecule has 1 heterocycles. The fourth-order valence-electron chi connectivity index (χ4n) is 1.52. The van der Waals surface area contributed by atoms with Crippen LogP contribution in [0, 0.1) is 18.8 Å². The molecule has 2 heteroatoms. The third-order valence-corrected chi connectivity index (χ3v) is 3.03. The zero-order valence-corrected chi connectivity index (χ0v) is 9.16. The van der Waals surface area contributed by atoms with Gasteiger partial charge in [0.15, 0.2) is 0 Å². The van der Waals surface area contributed by atoms with Gasteiger partial charge in [-0.15, -0.1) is 11.3 Å². The maximum atomic E-state index is 4.31. The van der Waals surface area contributed by atoms with E-state index >= 15 is 0 Å². The van der Waals surface area contributed by atoms with Crippen LogP contribution in [0.3, 0.4) is 0 Å². The SMILES string of the molecule is Cc1nc(C#CC2=CCCCC2)cs1. The lowest BCUT2D eigenvalue weighted by Crippen LogP contribution is -1.88. The number of aryl methyl sites for hydroxylation is 1. The van der Waals surface area contributed by atoms with Crippen LogP contribution in [0.2, 0.25) is 0 Å². The Morgan fingerprint density at radius 1 is 1.36 bits per heavy atom. The van der Waals surface area contributed by atoms with Gasteiger partial charge in [0, 0.05) is 5.38 Å². The molecule has 72 valence electrons. The maximum Gasteiger partial charge on any atom is 0.124 e. The monoisotopic (exact) mass is 203 g/mol. The number of allylic oxidation sites excluding steroid dienone is 2. The standard InChI is InChI=1S/C12H13NS/c1-10-13-12(9-14-10)8-7-11-5-3-2-4-6-11/h5,9H,2-4,6H2,1H3. The van der Waals surface area contributed by atoms with Gasteiger partial charge in [0.1, 0.15) is 5.69 Å². The first-order chi connectivity index (χ1) is 6.84. The van der Waals surface area contributed by atoms with Crippen LogP contribution in [0.1, 0.15) is 36.4 Å². The molecule has 14 heavy (non-hydrogen) atoms. The van der Waals surface area contributed by atoms with Crippen molar-refractivity contribution >= 4 is 11.3 Å². The number of thiazole rings is 1. The highest BCUT2D eigenvalue weighted by Crippen LogP contribution is 2.16. The van der Waals surface area contributed by atoms with E-state index in [0.717, 1.165) is 17.1 Å². The Hall–Kier alpha value is -1.07. The molecule has 1 aliphatic rings. The predicted octanol–water partition coefficient (Wildman–Crippen LogP) is 3.30. The molecule has 0 saturated heterocycles. The fraction of sp³-hybridized carbons (Fsp3) is 0.417. The van der Waals surface area contributed by atoms with E-state index in [-0.39, 0.29) is 0 Å². The van der Waals surface area contributed by atoms with Gasteiger partial charge in [-0.05, 0) is 44.1 Å². The highest BCUT2D eigenvalue weighted by Gasteiger charge is 1.99. The van der Waals surface area contributed by atoms with Crippen molar-refractivity contribution in [2.75, 3.05) is 0 Å². The van der Waals surface area contributed by atoms with Crippen molar-refractivity contribution in [1.29, 1.82) is 0 Å². The molecule has 1 aromatic heterocycles. The minimum absolute atomic E-state index is 0.916. The van der Waals surface area contributed by atoms with Gasteiger partial charge in [-0.2, -0.15) is 0 Å². The average Bonchev–Trinajstić information content (AvgIpc) is 2.63. The Kier molecular flexibility index (Phi) is 3.00. The van der Waals surface area contributed by atoms with Gasteiger partial charge in [0.2, 0.25) is 0 Å². The topological polar surface area (TPSA) is 12.9 Å². The van der Waals surface area contributed by atoms with E-state index in [1.807, 2.05) is 12.3 Å². The van der Waals surface area contributed by atoms with E-state index in [0.29, 0.717) is 0 Å². The molecule has 0 aromatic carbocycles. The number of rotatable bonds is 0. The fourth-order valence-corrected chi connectivity index (χ4v) is 2.06. The summed E-state index contributed by atoms with van der Waals surface area (Å²) in [6.45, 7) is 2.01. The van der Waals surface area contributed by atoms with Gasteiger partial charge in [-0.1, -0.05) is 12.0 Å². The summed E-state index contributed by atoms with van der Waals surface area (Å²) >= 11 is 1.66. The molecule has 0 N–H and O–H groups in total. The lowest BCUT2D eigenvalue weighted by atomic mass is 10.0. The van der Waals surface area contributed by atoms with Gasteiger partial charge in [0.25, 0.3) is 0 Å². The Labute approximate surface area is 88.9 Å². The molecule has 0 spiro atoms. The van der Waals surface area contributed by atoms with Crippen molar-refractivity contribution in [2.45, 2.75) is 32.6 Å². The van der Waals surface area contributed by atoms with E-state index < -0.39 is 0 Å². The summed E-state index contributed by atoms with van der Waals surface area (Å²) in [4.78, 5) is 4.31. The Morgan fingerprint density at radius 3 is 2.93 bits per heavy atom. The van der Waals surface area contributed by atoms with Gasteiger partial charge < -0.3 is 0 Å². The normalized spacial score (nSPS) is 15.6. The second kappa shape index (κ2) is 4.43. The highest BCUT2D eigenvalue weighted by atomic mass is 32.1. The Bertz CT molecular complexity index is 403. The zero-order chi connectivity index (χ0) is 9.80. The van der Waals surface area contributed by atoms with Crippen LogP contribution in [-0.4, -0.2) is 4.98 Å². The van der Waals surface area contributed by atoms with Crippen LogP contribution >= 0.6 is 11.3 Å². The van der Waals surface area contributed by atoms with E-state index in [1.165, 1.54) is 24.8 Å². The molecule has 0 radical (unpaired) electrons. The van der Waals surface area contributed by atoms with E-state index in [2.05, 4.69) is 22.9 Å². The van der Waals surface area contributed by atoms with Crippen LogP contribution in [-0.2, 0) is 0 Å². The lowest BCUT2D eigenvalue weighted by molar-refractivity contribution is 0.715. The van der Waals surface area contributed by atoms with Crippen LogP contribution in [0.4, 0.5) is 0 Å². The number of aromatic nitrogens is 1. The molecule has 0 aliphatic heterocycles. The van der Waals surface area contributed by atoms with Gasteiger partial charge in [0.05, 0.1) is 5.01 Å². The van der Waals surface area contributed by atoms with Gasteiger partial charge in [-0.3, -0.25) is 0 Å². The molecule has 1 nitrogen and oxygen atoms in total. The molecule has 0 saturated carbocycles. The first-order valence-electron chi connectivity index (χ1n) is 4.98. The van der Waals surface area contributed by atoms with Crippen molar-refractivity contribution in [3.63, 3.8) is 0 Å². The number of nitrogens with zero attached hydrogens (tertiary/aromatic N) is 1. The predicted molar refractivity (Wildman–Crippen MR) is 60.3 cm³/mol. The van der Waals surface area contributed by atoms with Crippen molar-refractivity contribution in [2.24, 2.45) is 0 Å². The van der Waals surface area contributed by atoms with Gasteiger partial charge in [-0.25, -0.2) is 4.98 Å². The number of hydrogen-bond donors (Lipinski definition) is 0. The summed E-state index contributed by atoms with van der Waals surface area (Å²) in [5.41, 5.74) is 2.21. The summed E-state index contributed by atoms with van der Waals surface area (Å²) in [6.07, 6.45) is 7.21. The molecule has 0 bridgehead atoms. The second-order valence-electron chi connectivity index (χ2n) is 3.48. The quantitative estimate of drug-likeness (QED) is 0.589. The molecule has 0 atom stereocenters. The van der Waals surface area contributed by atoms with E-state index in [1.54, 1.807) is 11.3 Å². The largest absolute Gasteiger partial charge is 0.233 e. The maximum absolute atomic E-state index is 4.31. The first-order valence-corrected chi connectivity index (χ1v) is 5.86. The summed E-state index contributed by atoms with van der Waals surface area (Å²) in [5, 5.41) is 3.11. The highest BCUT2D eigenvalue weighted by molar-refractivity contribution is 7.09. The molecule has 0 fully saturated rings. The molecule has 1 aromatic rings. The lowest BCUT2D eigenvalue weighted by Gasteiger charge is -2.05. The minimum atomic E-state index is 0.916. The average molecular weight is 203 g/mol. The van der Waals surface area contributed by atoms with E-state index in [4.69, 9.17) is 0 Å². The Morgan fingerprint density at radius 2 is 2.29 bits per heavy atom. The minimum Gasteiger partial charge on any atom is -0.233 e. The molecular formula is C12H13NS.